The van der Waals surface area contributed by atoms with E-state index in [4.69, 9.17) is 0 Å². The molecule has 0 radical (unpaired) electrons. The van der Waals surface area contributed by atoms with Gasteiger partial charge in [0.1, 0.15) is 4.83 Å². The minimum atomic E-state index is 0.0437. The van der Waals surface area contributed by atoms with Crippen molar-refractivity contribution in [2.75, 3.05) is 0 Å². The van der Waals surface area contributed by atoms with Crippen molar-refractivity contribution in [1.82, 2.24) is 8.97 Å². The molecule has 3 nitrogen and oxygen atoms in total. The number of aromatic nitrogens is 2. The topological polar surface area (TPSA) is 26.4 Å². The largest absolute Gasteiger partial charge is 0.309 e. The minimum absolute atomic E-state index is 0.0437. The van der Waals surface area contributed by atoms with Crippen molar-refractivity contribution in [1.29, 1.82) is 0 Å². The van der Waals surface area contributed by atoms with Gasteiger partial charge in [-0.1, -0.05) is 66.7 Å². The van der Waals surface area contributed by atoms with E-state index in [0.717, 1.165) is 37.1 Å². The molecule has 0 fully saturated rings. The molecule has 3 heterocycles. The fourth-order valence-electron chi connectivity index (χ4n) is 5.62. The predicted octanol–water partition coefficient (Wildman–Crippen LogP) is 8.43. The highest BCUT2D eigenvalue weighted by Crippen LogP contribution is 2.36. The standard InChI is InChI=1S/C33H20N2OS/c36-33-25-11-5-4-8-23(25)20-32-35(33)30-17-15-22(19-31(30)37-32)21-14-16-29-27(18-21)26-12-6-7-13-28(26)34(29)24-9-2-1-3-10-24/h1-20H. The van der Waals surface area contributed by atoms with Gasteiger partial charge in [0, 0.05) is 21.8 Å². The Kier molecular flexibility index (Phi) is 4.25. The Bertz CT molecular complexity index is 2220. The quantitative estimate of drug-likeness (QED) is 0.238. The number of fused-ring (bicyclic) bond motifs is 7. The number of benzene rings is 5. The number of nitrogens with zero attached hydrogens (tertiary/aromatic N) is 2. The van der Waals surface area contributed by atoms with Crippen molar-refractivity contribution in [3.63, 3.8) is 0 Å². The first-order valence-electron chi connectivity index (χ1n) is 12.3. The van der Waals surface area contributed by atoms with Gasteiger partial charge in [0.15, 0.2) is 0 Å². The second kappa shape index (κ2) is 7.66. The third-order valence-corrected chi connectivity index (χ3v) is 8.39. The van der Waals surface area contributed by atoms with Gasteiger partial charge in [0.2, 0.25) is 0 Å². The highest BCUT2D eigenvalue weighted by atomic mass is 32.1. The molecule has 4 heteroatoms. The molecule has 174 valence electrons. The Morgan fingerprint density at radius 1 is 0.541 bits per heavy atom. The van der Waals surface area contributed by atoms with E-state index in [2.05, 4.69) is 102 Å². The molecule has 8 aromatic rings. The van der Waals surface area contributed by atoms with Crippen LogP contribution in [0, 0.1) is 0 Å². The smallest absolute Gasteiger partial charge is 0.264 e. The van der Waals surface area contributed by atoms with Gasteiger partial charge in [-0.15, -0.1) is 11.3 Å². The maximum atomic E-state index is 13.3. The van der Waals surface area contributed by atoms with E-state index in [1.807, 2.05) is 28.7 Å². The molecule has 37 heavy (non-hydrogen) atoms. The minimum Gasteiger partial charge on any atom is -0.309 e. The Balaban J connectivity index is 1.35. The lowest BCUT2D eigenvalue weighted by Gasteiger charge is -2.08. The maximum absolute atomic E-state index is 13.3. The van der Waals surface area contributed by atoms with Crippen LogP contribution >= 0.6 is 11.3 Å². The lowest BCUT2D eigenvalue weighted by Crippen LogP contribution is -2.11. The number of rotatable bonds is 2. The molecule has 5 aromatic carbocycles. The summed E-state index contributed by atoms with van der Waals surface area (Å²) < 4.78 is 5.29. The molecule has 8 rings (SSSR count). The summed E-state index contributed by atoms with van der Waals surface area (Å²) in [6.45, 7) is 0. The summed E-state index contributed by atoms with van der Waals surface area (Å²) in [5.41, 5.74) is 6.87. The summed E-state index contributed by atoms with van der Waals surface area (Å²) in [4.78, 5) is 14.2. The SMILES string of the molecule is O=c1c2ccccc2cc2sc3cc(-c4ccc5c(c4)c4ccccc4n5-c4ccccc4)ccc3n12. The molecule has 0 bridgehead atoms. The molecule has 0 aliphatic rings. The van der Waals surface area contributed by atoms with Crippen LogP contribution in [0.2, 0.25) is 0 Å². The van der Waals surface area contributed by atoms with Crippen LogP contribution in [0.25, 0.3) is 64.4 Å². The molecule has 0 aliphatic carbocycles. The Labute approximate surface area is 216 Å². The van der Waals surface area contributed by atoms with E-state index in [1.165, 1.54) is 27.4 Å². The van der Waals surface area contributed by atoms with Crippen LogP contribution in [0.3, 0.4) is 0 Å². The van der Waals surface area contributed by atoms with Crippen LogP contribution < -0.4 is 5.56 Å². The first-order valence-corrected chi connectivity index (χ1v) is 13.1. The average Bonchev–Trinajstić information content (AvgIpc) is 3.48. The average molecular weight is 493 g/mol. The molecular weight excluding hydrogens is 472 g/mol. The van der Waals surface area contributed by atoms with Gasteiger partial charge in [-0.2, -0.15) is 0 Å². The van der Waals surface area contributed by atoms with Crippen LogP contribution in [-0.4, -0.2) is 8.97 Å². The number of hydrogen-bond donors (Lipinski definition) is 0. The molecule has 3 aromatic heterocycles. The van der Waals surface area contributed by atoms with Crippen molar-refractivity contribution >= 4 is 59.0 Å². The van der Waals surface area contributed by atoms with E-state index in [9.17, 15) is 4.79 Å². The first-order chi connectivity index (χ1) is 18.3. The monoisotopic (exact) mass is 492 g/mol. The molecule has 0 aliphatic heterocycles. The normalized spacial score (nSPS) is 11.9. The van der Waals surface area contributed by atoms with Crippen molar-refractivity contribution in [2.45, 2.75) is 0 Å². The number of para-hydroxylation sites is 2. The van der Waals surface area contributed by atoms with Crippen LogP contribution in [-0.2, 0) is 0 Å². The molecule has 0 saturated heterocycles. The van der Waals surface area contributed by atoms with E-state index in [1.54, 1.807) is 11.3 Å². The molecule has 0 amide bonds. The third kappa shape index (κ3) is 2.97. The second-order valence-electron chi connectivity index (χ2n) is 9.41. The second-order valence-corrected chi connectivity index (χ2v) is 10.5. The van der Waals surface area contributed by atoms with Crippen LogP contribution in [0.5, 0.6) is 0 Å². The van der Waals surface area contributed by atoms with Gasteiger partial charge in [0.25, 0.3) is 5.56 Å². The van der Waals surface area contributed by atoms with Gasteiger partial charge in [-0.3, -0.25) is 9.20 Å². The summed E-state index contributed by atoms with van der Waals surface area (Å²) in [6, 6.07) is 42.2. The predicted molar refractivity (Wildman–Crippen MR) is 156 cm³/mol. The number of hydrogen-bond acceptors (Lipinski definition) is 2. The maximum Gasteiger partial charge on any atom is 0.264 e. The summed E-state index contributed by atoms with van der Waals surface area (Å²) >= 11 is 1.67. The fourth-order valence-corrected chi connectivity index (χ4v) is 6.75. The highest BCUT2D eigenvalue weighted by Gasteiger charge is 2.14. The van der Waals surface area contributed by atoms with Crippen LogP contribution in [0.4, 0.5) is 0 Å². The van der Waals surface area contributed by atoms with Crippen molar-refractivity contribution < 1.29 is 0 Å². The summed E-state index contributed by atoms with van der Waals surface area (Å²) in [5, 5.41) is 4.21. The zero-order valence-corrected chi connectivity index (χ0v) is 20.6. The van der Waals surface area contributed by atoms with Crippen molar-refractivity contribution in [3.05, 3.63) is 132 Å². The first kappa shape index (κ1) is 20.5. The zero-order valence-electron chi connectivity index (χ0n) is 19.8. The summed E-state index contributed by atoms with van der Waals surface area (Å²) in [6.07, 6.45) is 0. The Morgan fingerprint density at radius 2 is 1.22 bits per heavy atom. The van der Waals surface area contributed by atoms with Gasteiger partial charge >= 0.3 is 0 Å². The lowest BCUT2D eigenvalue weighted by molar-refractivity contribution is 1.18. The van der Waals surface area contributed by atoms with Gasteiger partial charge in [-0.25, -0.2) is 0 Å². The number of pyridine rings is 1. The summed E-state index contributed by atoms with van der Waals surface area (Å²) in [7, 11) is 0. The summed E-state index contributed by atoms with van der Waals surface area (Å²) in [5.74, 6) is 0. The van der Waals surface area contributed by atoms with Gasteiger partial charge in [0.05, 0.1) is 21.3 Å². The zero-order chi connectivity index (χ0) is 24.5. The van der Waals surface area contributed by atoms with Crippen LogP contribution in [0.15, 0.2) is 126 Å². The van der Waals surface area contributed by atoms with Gasteiger partial charge in [-0.05, 0) is 71.1 Å². The van der Waals surface area contributed by atoms with Gasteiger partial charge < -0.3 is 4.57 Å². The lowest BCUT2D eigenvalue weighted by atomic mass is 10.0. The molecule has 0 N–H and O–H groups in total. The number of thiazole rings is 1. The molecular formula is C33H20N2OS. The van der Waals surface area contributed by atoms with E-state index >= 15 is 0 Å². The van der Waals surface area contributed by atoms with Crippen molar-refractivity contribution in [2.24, 2.45) is 0 Å². The van der Waals surface area contributed by atoms with E-state index in [-0.39, 0.29) is 5.56 Å². The third-order valence-electron chi connectivity index (χ3n) is 7.33. The van der Waals surface area contributed by atoms with E-state index in [0.29, 0.717) is 0 Å². The molecule has 0 spiro atoms. The molecule has 0 unspecified atom stereocenters. The Hall–Kier alpha value is -4.67. The fraction of sp³-hybridized carbons (Fsp3) is 0. The molecule has 0 atom stereocenters. The van der Waals surface area contributed by atoms with Crippen LogP contribution in [0.1, 0.15) is 0 Å². The van der Waals surface area contributed by atoms with E-state index < -0.39 is 0 Å². The Morgan fingerprint density at radius 3 is 2.08 bits per heavy atom. The molecule has 0 saturated carbocycles. The highest BCUT2D eigenvalue weighted by molar-refractivity contribution is 7.24. The van der Waals surface area contributed by atoms with Crippen molar-refractivity contribution in [3.8, 4) is 16.8 Å².